The molecule has 1 unspecified atom stereocenters. The standard InChI is InChI=1S/C14H11BrF2OS/c15-9-4-1-2-7-13(9)19-8-12(18)14-10(16)5-3-6-11(14)17/h1-7,12,18H,8H2. The molecule has 0 aliphatic carbocycles. The molecule has 0 heterocycles. The fourth-order valence-corrected chi connectivity index (χ4v) is 3.16. The zero-order chi connectivity index (χ0) is 13.8. The molecule has 1 atom stereocenters. The van der Waals surface area contributed by atoms with Crippen LogP contribution in [0.4, 0.5) is 8.78 Å². The van der Waals surface area contributed by atoms with Crippen molar-refractivity contribution >= 4 is 27.7 Å². The maximum absolute atomic E-state index is 13.5. The molecule has 0 fully saturated rings. The maximum atomic E-state index is 13.5. The summed E-state index contributed by atoms with van der Waals surface area (Å²) in [6.07, 6.45) is -1.18. The highest BCUT2D eigenvalue weighted by Crippen LogP contribution is 2.31. The summed E-state index contributed by atoms with van der Waals surface area (Å²) in [7, 11) is 0. The Morgan fingerprint density at radius 2 is 1.68 bits per heavy atom. The second-order valence-electron chi connectivity index (χ2n) is 3.89. The molecule has 0 bridgehead atoms. The van der Waals surface area contributed by atoms with E-state index in [0.717, 1.165) is 21.5 Å². The van der Waals surface area contributed by atoms with Crippen molar-refractivity contribution in [3.8, 4) is 0 Å². The van der Waals surface area contributed by atoms with Gasteiger partial charge in [0.15, 0.2) is 0 Å². The predicted octanol–water partition coefficient (Wildman–Crippen LogP) is 4.55. The number of thioether (sulfide) groups is 1. The Kier molecular flexibility index (Phi) is 4.96. The van der Waals surface area contributed by atoms with Crippen LogP contribution in [0, 0.1) is 11.6 Å². The van der Waals surface area contributed by atoms with E-state index >= 15 is 0 Å². The largest absolute Gasteiger partial charge is 0.387 e. The van der Waals surface area contributed by atoms with Crippen molar-refractivity contribution < 1.29 is 13.9 Å². The van der Waals surface area contributed by atoms with Gasteiger partial charge >= 0.3 is 0 Å². The molecule has 1 nitrogen and oxygen atoms in total. The van der Waals surface area contributed by atoms with Crippen molar-refractivity contribution in [2.24, 2.45) is 0 Å². The average Bonchev–Trinajstić information content (AvgIpc) is 2.37. The SMILES string of the molecule is OC(CSc1ccccc1Br)c1c(F)cccc1F. The maximum Gasteiger partial charge on any atom is 0.131 e. The highest BCUT2D eigenvalue weighted by Gasteiger charge is 2.18. The summed E-state index contributed by atoms with van der Waals surface area (Å²) >= 11 is 4.72. The Morgan fingerprint density at radius 1 is 1.05 bits per heavy atom. The topological polar surface area (TPSA) is 20.2 Å². The third-order valence-corrected chi connectivity index (χ3v) is 4.67. The summed E-state index contributed by atoms with van der Waals surface area (Å²) < 4.78 is 27.9. The van der Waals surface area contributed by atoms with E-state index in [1.807, 2.05) is 24.3 Å². The van der Waals surface area contributed by atoms with Crippen LogP contribution in [0.2, 0.25) is 0 Å². The minimum Gasteiger partial charge on any atom is -0.387 e. The van der Waals surface area contributed by atoms with Gasteiger partial charge < -0.3 is 5.11 Å². The lowest BCUT2D eigenvalue weighted by molar-refractivity contribution is 0.193. The van der Waals surface area contributed by atoms with Crippen LogP contribution >= 0.6 is 27.7 Å². The van der Waals surface area contributed by atoms with Crippen molar-refractivity contribution in [1.29, 1.82) is 0 Å². The minimum atomic E-state index is -1.18. The summed E-state index contributed by atoms with van der Waals surface area (Å²) in [5, 5.41) is 9.92. The van der Waals surface area contributed by atoms with E-state index in [1.165, 1.54) is 17.8 Å². The minimum absolute atomic E-state index is 0.181. The normalized spacial score (nSPS) is 12.4. The molecule has 2 aromatic rings. The van der Waals surface area contributed by atoms with Crippen LogP contribution < -0.4 is 0 Å². The van der Waals surface area contributed by atoms with Gasteiger partial charge in [-0.15, -0.1) is 11.8 Å². The number of aliphatic hydroxyl groups excluding tert-OH is 1. The molecule has 0 amide bonds. The van der Waals surface area contributed by atoms with Gasteiger partial charge in [0.2, 0.25) is 0 Å². The number of aliphatic hydroxyl groups is 1. The van der Waals surface area contributed by atoms with Crippen LogP contribution in [-0.4, -0.2) is 10.9 Å². The van der Waals surface area contributed by atoms with E-state index in [1.54, 1.807) is 0 Å². The van der Waals surface area contributed by atoms with E-state index in [4.69, 9.17) is 0 Å². The van der Waals surface area contributed by atoms with Crippen molar-refractivity contribution in [2.75, 3.05) is 5.75 Å². The molecular formula is C14H11BrF2OS. The quantitative estimate of drug-likeness (QED) is 0.821. The lowest BCUT2D eigenvalue weighted by Gasteiger charge is -2.13. The van der Waals surface area contributed by atoms with Crippen molar-refractivity contribution in [2.45, 2.75) is 11.0 Å². The molecule has 1 N–H and O–H groups in total. The zero-order valence-electron chi connectivity index (χ0n) is 9.82. The summed E-state index contributed by atoms with van der Waals surface area (Å²) in [4.78, 5) is 0.915. The van der Waals surface area contributed by atoms with Gasteiger partial charge in [0.1, 0.15) is 11.6 Å². The fraction of sp³-hybridized carbons (Fsp3) is 0.143. The second kappa shape index (κ2) is 6.50. The first kappa shape index (κ1) is 14.5. The van der Waals surface area contributed by atoms with Gasteiger partial charge in [0.25, 0.3) is 0 Å². The van der Waals surface area contributed by atoms with E-state index < -0.39 is 17.7 Å². The highest BCUT2D eigenvalue weighted by molar-refractivity contribution is 9.10. The van der Waals surface area contributed by atoms with E-state index in [-0.39, 0.29) is 11.3 Å². The zero-order valence-corrected chi connectivity index (χ0v) is 12.2. The van der Waals surface area contributed by atoms with Gasteiger partial charge in [0, 0.05) is 15.1 Å². The number of halogens is 3. The third-order valence-electron chi connectivity index (χ3n) is 2.57. The first-order valence-electron chi connectivity index (χ1n) is 5.59. The fourth-order valence-electron chi connectivity index (χ4n) is 1.64. The summed E-state index contributed by atoms with van der Waals surface area (Å²) in [5.41, 5.74) is -0.276. The van der Waals surface area contributed by atoms with Crippen molar-refractivity contribution in [3.63, 3.8) is 0 Å². The predicted molar refractivity (Wildman–Crippen MR) is 76.2 cm³/mol. The Hall–Kier alpha value is -0.910. The van der Waals surface area contributed by atoms with Crippen LogP contribution in [-0.2, 0) is 0 Å². The molecule has 5 heteroatoms. The molecule has 2 aromatic carbocycles. The Balaban J connectivity index is 2.10. The second-order valence-corrected chi connectivity index (χ2v) is 5.81. The lowest BCUT2D eigenvalue weighted by Crippen LogP contribution is -2.06. The van der Waals surface area contributed by atoms with Crippen molar-refractivity contribution in [1.82, 2.24) is 0 Å². The van der Waals surface area contributed by atoms with Gasteiger partial charge in [-0.25, -0.2) is 8.78 Å². The van der Waals surface area contributed by atoms with Crippen LogP contribution in [0.25, 0.3) is 0 Å². The molecule has 0 radical (unpaired) electrons. The van der Waals surface area contributed by atoms with E-state index in [0.29, 0.717) is 0 Å². The summed E-state index contributed by atoms with van der Waals surface area (Å²) in [5.74, 6) is -1.26. The van der Waals surface area contributed by atoms with Gasteiger partial charge in [-0.3, -0.25) is 0 Å². The molecule has 0 spiro atoms. The Bertz CT molecular complexity index is 557. The molecule has 0 aliphatic rings. The summed E-state index contributed by atoms with van der Waals surface area (Å²) in [6, 6.07) is 11.1. The number of hydrogen-bond donors (Lipinski definition) is 1. The molecule has 19 heavy (non-hydrogen) atoms. The van der Waals surface area contributed by atoms with Gasteiger partial charge in [-0.05, 0) is 40.2 Å². The molecule has 0 saturated heterocycles. The first-order chi connectivity index (χ1) is 9.09. The number of benzene rings is 2. The molecule has 100 valence electrons. The van der Waals surface area contributed by atoms with Crippen LogP contribution in [0.1, 0.15) is 11.7 Å². The first-order valence-corrected chi connectivity index (χ1v) is 7.36. The summed E-state index contributed by atoms with van der Waals surface area (Å²) in [6.45, 7) is 0. The van der Waals surface area contributed by atoms with E-state index in [9.17, 15) is 13.9 Å². The van der Waals surface area contributed by atoms with Gasteiger partial charge in [0.05, 0.1) is 11.7 Å². The van der Waals surface area contributed by atoms with E-state index in [2.05, 4.69) is 15.9 Å². The highest BCUT2D eigenvalue weighted by atomic mass is 79.9. The van der Waals surface area contributed by atoms with Crippen LogP contribution in [0.5, 0.6) is 0 Å². The third kappa shape index (κ3) is 3.55. The average molecular weight is 345 g/mol. The smallest absolute Gasteiger partial charge is 0.131 e. The molecule has 0 saturated carbocycles. The van der Waals surface area contributed by atoms with Gasteiger partial charge in [-0.1, -0.05) is 18.2 Å². The Morgan fingerprint density at radius 3 is 2.32 bits per heavy atom. The lowest BCUT2D eigenvalue weighted by atomic mass is 10.1. The molecule has 2 rings (SSSR count). The Labute approximate surface area is 122 Å². The van der Waals surface area contributed by atoms with Crippen LogP contribution in [0.3, 0.4) is 0 Å². The monoisotopic (exact) mass is 344 g/mol. The van der Waals surface area contributed by atoms with Crippen molar-refractivity contribution in [3.05, 3.63) is 64.1 Å². The van der Waals surface area contributed by atoms with Crippen LogP contribution in [0.15, 0.2) is 51.8 Å². The number of rotatable bonds is 4. The van der Waals surface area contributed by atoms with Gasteiger partial charge in [-0.2, -0.15) is 0 Å². The molecule has 0 aliphatic heterocycles. The molecule has 0 aromatic heterocycles. The molecular weight excluding hydrogens is 334 g/mol. The number of hydrogen-bond acceptors (Lipinski definition) is 2.